The SMILES string of the molecule is CCn1cnc2c(NC[C@@H]3OCCN(C)[C@H]3c3ccccc3)ncnc21. The van der Waals surface area contributed by atoms with E-state index in [1.807, 2.05) is 17.0 Å². The van der Waals surface area contributed by atoms with Gasteiger partial charge < -0.3 is 14.6 Å². The van der Waals surface area contributed by atoms with Crippen LogP contribution in [-0.4, -0.2) is 57.3 Å². The Hall–Kier alpha value is -2.51. The first kappa shape index (κ1) is 16.9. The number of morpholine rings is 1. The minimum Gasteiger partial charge on any atom is -0.373 e. The number of ether oxygens (including phenoxy) is 1. The molecule has 1 N–H and O–H groups in total. The first-order chi connectivity index (χ1) is 12.8. The standard InChI is InChI=1S/C19H24N6O/c1-3-25-13-23-16-18(21-12-22-19(16)25)20-11-15-17(24(2)9-10-26-15)14-7-5-4-6-8-14/h4-8,12-13,15,17H,3,9-11H2,1-2H3,(H,20,21,22)/t15-,17-/m0/s1. The number of hydrogen-bond donors (Lipinski definition) is 1. The summed E-state index contributed by atoms with van der Waals surface area (Å²) in [6, 6.07) is 10.7. The lowest BCUT2D eigenvalue weighted by Gasteiger charge is -2.39. The number of nitrogens with zero attached hydrogens (tertiary/aromatic N) is 5. The summed E-state index contributed by atoms with van der Waals surface area (Å²) in [7, 11) is 2.15. The van der Waals surface area contributed by atoms with Gasteiger partial charge in [-0.25, -0.2) is 15.0 Å². The fourth-order valence-corrected chi connectivity index (χ4v) is 3.59. The first-order valence-electron chi connectivity index (χ1n) is 9.04. The highest BCUT2D eigenvalue weighted by Crippen LogP contribution is 2.28. The van der Waals surface area contributed by atoms with E-state index in [1.54, 1.807) is 6.33 Å². The van der Waals surface area contributed by atoms with Gasteiger partial charge in [0.2, 0.25) is 0 Å². The summed E-state index contributed by atoms with van der Waals surface area (Å²) >= 11 is 0. The number of rotatable bonds is 5. The number of hydrogen-bond acceptors (Lipinski definition) is 6. The second kappa shape index (κ2) is 7.39. The van der Waals surface area contributed by atoms with Crippen molar-refractivity contribution in [2.45, 2.75) is 25.6 Å². The molecule has 1 aliphatic rings. The van der Waals surface area contributed by atoms with E-state index in [4.69, 9.17) is 4.74 Å². The van der Waals surface area contributed by atoms with Crippen LogP contribution in [-0.2, 0) is 11.3 Å². The van der Waals surface area contributed by atoms with Crippen molar-refractivity contribution in [1.82, 2.24) is 24.4 Å². The van der Waals surface area contributed by atoms with Crippen molar-refractivity contribution < 1.29 is 4.74 Å². The van der Waals surface area contributed by atoms with E-state index in [1.165, 1.54) is 5.56 Å². The predicted molar refractivity (Wildman–Crippen MR) is 101 cm³/mol. The zero-order chi connectivity index (χ0) is 17.9. The van der Waals surface area contributed by atoms with Crippen LogP contribution in [0.4, 0.5) is 5.82 Å². The Morgan fingerprint density at radius 3 is 2.85 bits per heavy atom. The summed E-state index contributed by atoms with van der Waals surface area (Å²) in [5.41, 5.74) is 2.92. The van der Waals surface area contributed by atoms with Crippen molar-refractivity contribution in [2.24, 2.45) is 0 Å². The van der Waals surface area contributed by atoms with Crippen LogP contribution in [0.3, 0.4) is 0 Å². The Morgan fingerprint density at radius 1 is 1.19 bits per heavy atom. The number of likely N-dealkylation sites (N-methyl/N-ethyl adjacent to an activating group) is 1. The fraction of sp³-hybridized carbons (Fsp3) is 0.421. The van der Waals surface area contributed by atoms with Gasteiger partial charge in [-0.1, -0.05) is 30.3 Å². The van der Waals surface area contributed by atoms with Crippen LogP contribution in [0.5, 0.6) is 0 Å². The number of nitrogens with one attached hydrogen (secondary N) is 1. The molecule has 2 atom stereocenters. The molecular weight excluding hydrogens is 328 g/mol. The lowest BCUT2D eigenvalue weighted by Crippen LogP contribution is -2.46. The van der Waals surface area contributed by atoms with Crippen LogP contribution in [0.15, 0.2) is 43.0 Å². The number of anilines is 1. The molecule has 3 heterocycles. The molecule has 7 nitrogen and oxygen atoms in total. The Morgan fingerprint density at radius 2 is 2.04 bits per heavy atom. The third-order valence-electron chi connectivity index (χ3n) is 4.96. The highest BCUT2D eigenvalue weighted by atomic mass is 16.5. The van der Waals surface area contributed by atoms with Gasteiger partial charge in [-0.2, -0.15) is 0 Å². The second-order valence-electron chi connectivity index (χ2n) is 6.55. The fourth-order valence-electron chi connectivity index (χ4n) is 3.59. The third kappa shape index (κ3) is 3.15. The minimum atomic E-state index is 0.0365. The Balaban J connectivity index is 1.55. The summed E-state index contributed by atoms with van der Waals surface area (Å²) in [5, 5.41) is 3.44. The van der Waals surface area contributed by atoms with Crippen LogP contribution in [0.1, 0.15) is 18.5 Å². The molecule has 1 saturated heterocycles. The minimum absolute atomic E-state index is 0.0365. The van der Waals surface area contributed by atoms with Crippen LogP contribution in [0, 0.1) is 0 Å². The number of aryl methyl sites for hydroxylation is 1. The topological polar surface area (TPSA) is 68.1 Å². The summed E-state index contributed by atoms with van der Waals surface area (Å²) in [6.07, 6.45) is 3.43. The average Bonchev–Trinajstić information content (AvgIpc) is 3.11. The van der Waals surface area contributed by atoms with Crippen LogP contribution in [0.2, 0.25) is 0 Å². The van der Waals surface area contributed by atoms with Crippen molar-refractivity contribution in [3.63, 3.8) is 0 Å². The molecule has 0 radical (unpaired) electrons. The van der Waals surface area contributed by atoms with Crippen LogP contribution >= 0.6 is 0 Å². The van der Waals surface area contributed by atoms with E-state index < -0.39 is 0 Å². The second-order valence-corrected chi connectivity index (χ2v) is 6.55. The Bertz CT molecular complexity index is 865. The van der Waals surface area contributed by atoms with Gasteiger partial charge in [-0.15, -0.1) is 0 Å². The zero-order valence-corrected chi connectivity index (χ0v) is 15.2. The van der Waals surface area contributed by atoms with Crippen LogP contribution in [0.25, 0.3) is 11.2 Å². The molecule has 1 fully saturated rings. The molecule has 0 saturated carbocycles. The highest BCUT2D eigenvalue weighted by Gasteiger charge is 2.31. The van der Waals surface area contributed by atoms with E-state index in [0.29, 0.717) is 6.54 Å². The van der Waals surface area contributed by atoms with Gasteiger partial charge in [0.25, 0.3) is 0 Å². The molecule has 0 bridgehead atoms. The molecule has 0 spiro atoms. The third-order valence-corrected chi connectivity index (χ3v) is 4.96. The summed E-state index contributed by atoms with van der Waals surface area (Å²) in [4.78, 5) is 15.6. The maximum absolute atomic E-state index is 6.10. The lowest BCUT2D eigenvalue weighted by atomic mass is 9.98. The maximum Gasteiger partial charge on any atom is 0.165 e. The van der Waals surface area contributed by atoms with Gasteiger partial charge in [0.15, 0.2) is 11.5 Å². The van der Waals surface area contributed by atoms with Gasteiger partial charge in [0, 0.05) is 19.6 Å². The van der Waals surface area contributed by atoms with Gasteiger partial charge in [0.05, 0.1) is 25.1 Å². The predicted octanol–water partition coefficient (Wildman–Crippen LogP) is 2.33. The van der Waals surface area contributed by atoms with E-state index in [-0.39, 0.29) is 12.1 Å². The average molecular weight is 352 g/mol. The molecule has 0 amide bonds. The van der Waals surface area contributed by atoms with E-state index in [0.717, 1.165) is 36.7 Å². The van der Waals surface area contributed by atoms with E-state index >= 15 is 0 Å². The van der Waals surface area contributed by atoms with Crippen LogP contribution < -0.4 is 5.32 Å². The first-order valence-corrected chi connectivity index (χ1v) is 9.04. The van der Waals surface area contributed by atoms with Crippen molar-refractivity contribution in [1.29, 1.82) is 0 Å². The van der Waals surface area contributed by atoms with Crippen molar-refractivity contribution in [3.8, 4) is 0 Å². The molecule has 0 unspecified atom stereocenters. The number of fused-ring (bicyclic) bond motifs is 1. The Labute approximate surface area is 153 Å². The van der Waals surface area contributed by atoms with Gasteiger partial charge in [-0.05, 0) is 19.5 Å². The maximum atomic E-state index is 6.10. The van der Waals surface area contributed by atoms with E-state index in [9.17, 15) is 0 Å². The number of benzene rings is 1. The normalized spacial score (nSPS) is 21.2. The van der Waals surface area contributed by atoms with E-state index in [2.05, 4.69) is 63.4 Å². The monoisotopic (exact) mass is 352 g/mol. The summed E-state index contributed by atoms with van der Waals surface area (Å²) in [6.45, 7) is 5.23. The highest BCUT2D eigenvalue weighted by molar-refractivity contribution is 5.82. The molecule has 2 aromatic heterocycles. The van der Waals surface area contributed by atoms with Crippen molar-refractivity contribution in [3.05, 3.63) is 48.5 Å². The van der Waals surface area contributed by atoms with Crippen molar-refractivity contribution in [2.75, 3.05) is 32.1 Å². The largest absolute Gasteiger partial charge is 0.373 e. The summed E-state index contributed by atoms with van der Waals surface area (Å²) < 4.78 is 8.12. The quantitative estimate of drug-likeness (QED) is 0.760. The number of aromatic nitrogens is 4. The molecule has 4 rings (SSSR count). The molecule has 26 heavy (non-hydrogen) atoms. The molecule has 7 heteroatoms. The van der Waals surface area contributed by atoms with Gasteiger partial charge in [-0.3, -0.25) is 4.90 Å². The number of imidazole rings is 1. The molecule has 3 aromatic rings. The molecular formula is C19H24N6O. The Kier molecular flexibility index (Phi) is 4.81. The molecule has 0 aliphatic carbocycles. The van der Waals surface area contributed by atoms with Gasteiger partial charge in [0.1, 0.15) is 11.8 Å². The van der Waals surface area contributed by atoms with Crippen molar-refractivity contribution >= 4 is 17.0 Å². The molecule has 1 aliphatic heterocycles. The summed E-state index contributed by atoms with van der Waals surface area (Å²) in [5.74, 6) is 0.755. The van der Waals surface area contributed by atoms with Gasteiger partial charge >= 0.3 is 0 Å². The molecule has 1 aromatic carbocycles. The molecule has 136 valence electrons. The smallest absolute Gasteiger partial charge is 0.165 e. The zero-order valence-electron chi connectivity index (χ0n) is 15.2. The lowest BCUT2D eigenvalue weighted by molar-refractivity contribution is -0.0556.